The van der Waals surface area contributed by atoms with Gasteiger partial charge in [0.25, 0.3) is 0 Å². The van der Waals surface area contributed by atoms with Crippen LogP contribution in [0.25, 0.3) is 22.7 Å². The third kappa shape index (κ3) is 4.40. The van der Waals surface area contributed by atoms with E-state index in [-0.39, 0.29) is 11.5 Å². The van der Waals surface area contributed by atoms with Crippen molar-refractivity contribution in [3.8, 4) is 11.5 Å². The van der Waals surface area contributed by atoms with Gasteiger partial charge in [-0.1, -0.05) is 6.07 Å². The van der Waals surface area contributed by atoms with E-state index in [4.69, 9.17) is 15.7 Å². The van der Waals surface area contributed by atoms with Gasteiger partial charge in [-0.15, -0.1) is 0 Å². The summed E-state index contributed by atoms with van der Waals surface area (Å²) in [5, 5.41) is 0. The van der Waals surface area contributed by atoms with E-state index in [9.17, 15) is 4.79 Å². The summed E-state index contributed by atoms with van der Waals surface area (Å²) in [7, 11) is 0. The van der Waals surface area contributed by atoms with Crippen molar-refractivity contribution in [2.45, 2.75) is 69.6 Å². The lowest BCUT2D eigenvalue weighted by molar-refractivity contribution is -0.140. The minimum absolute atomic E-state index is 0.0978. The molecule has 2 N–H and O–H groups in total. The number of hydrogen-bond donors (Lipinski definition) is 1. The van der Waals surface area contributed by atoms with Crippen LogP contribution in [0.2, 0.25) is 0 Å². The second kappa shape index (κ2) is 9.92. The van der Waals surface area contributed by atoms with Gasteiger partial charge in [0.2, 0.25) is 11.9 Å². The number of fused-ring (bicyclic) bond motifs is 3. The summed E-state index contributed by atoms with van der Waals surface area (Å²) in [5.74, 6) is 1.57. The minimum atomic E-state index is -0.212. The lowest BCUT2D eigenvalue weighted by atomic mass is 9.85. The highest BCUT2D eigenvalue weighted by molar-refractivity contribution is 5.80. The van der Waals surface area contributed by atoms with Gasteiger partial charge in [0.15, 0.2) is 11.5 Å². The molecule has 0 saturated carbocycles. The summed E-state index contributed by atoms with van der Waals surface area (Å²) >= 11 is 0. The first-order valence-electron chi connectivity index (χ1n) is 14.3. The van der Waals surface area contributed by atoms with Gasteiger partial charge in [-0.25, -0.2) is 19.9 Å². The van der Waals surface area contributed by atoms with E-state index in [1.807, 2.05) is 48.9 Å². The van der Waals surface area contributed by atoms with Crippen LogP contribution in [0.4, 0.5) is 5.95 Å². The number of carbonyl (C=O) groups is 1. The van der Waals surface area contributed by atoms with Crippen molar-refractivity contribution in [3.63, 3.8) is 0 Å². The molecule has 10 heteroatoms. The fourth-order valence-electron chi connectivity index (χ4n) is 7.17. The van der Waals surface area contributed by atoms with Crippen molar-refractivity contribution in [2.24, 2.45) is 5.92 Å². The van der Waals surface area contributed by atoms with Crippen LogP contribution in [0.1, 0.15) is 51.0 Å². The fourth-order valence-corrected chi connectivity index (χ4v) is 7.17. The predicted octanol–water partition coefficient (Wildman–Crippen LogP) is 3.65. The first kappa shape index (κ1) is 25.1. The standard InChI is InChI=1S/C30H35N9O/c1-30(39-26-25(6-4-12-33-26)36-27(39)24-5-2-3-11-32-24)9-13-37(14-10-30)28(40)21-15-22-7-8-23(16-21)38(22)19-20-17-34-29(31)35-18-20/h2-6,11-12,17-18,21-23H,7-10,13-16,19H2,1H3,(H2,31,34,35). The van der Waals surface area contributed by atoms with Crippen molar-refractivity contribution in [1.29, 1.82) is 0 Å². The molecule has 3 fully saturated rings. The van der Waals surface area contributed by atoms with Gasteiger partial charge in [0.1, 0.15) is 11.2 Å². The molecule has 7 rings (SSSR count). The zero-order valence-corrected chi connectivity index (χ0v) is 22.9. The second-order valence-corrected chi connectivity index (χ2v) is 11.8. The zero-order valence-electron chi connectivity index (χ0n) is 22.9. The van der Waals surface area contributed by atoms with E-state index in [2.05, 4.69) is 36.2 Å². The molecular formula is C30H35N9O. The summed E-state index contributed by atoms with van der Waals surface area (Å²) < 4.78 is 2.27. The monoisotopic (exact) mass is 537 g/mol. The van der Waals surface area contributed by atoms with Gasteiger partial charge < -0.3 is 15.2 Å². The number of nitrogens with zero attached hydrogens (tertiary/aromatic N) is 8. The third-order valence-corrected chi connectivity index (χ3v) is 9.33. The first-order chi connectivity index (χ1) is 19.5. The number of imidazole rings is 1. The zero-order chi connectivity index (χ0) is 27.3. The molecule has 0 radical (unpaired) electrons. The van der Waals surface area contributed by atoms with Crippen molar-refractivity contribution in [2.75, 3.05) is 18.8 Å². The van der Waals surface area contributed by atoms with Crippen molar-refractivity contribution in [3.05, 3.63) is 60.7 Å². The van der Waals surface area contributed by atoms with Gasteiger partial charge in [-0.05, 0) is 69.7 Å². The molecule has 2 atom stereocenters. The maximum Gasteiger partial charge on any atom is 0.225 e. The van der Waals surface area contributed by atoms with Crippen LogP contribution < -0.4 is 5.73 Å². The summed E-state index contributed by atoms with van der Waals surface area (Å²) in [6.07, 6.45) is 13.1. The summed E-state index contributed by atoms with van der Waals surface area (Å²) in [4.78, 5) is 41.0. The lowest BCUT2D eigenvalue weighted by Gasteiger charge is -2.44. The SMILES string of the molecule is CC1(n2c(-c3ccccn3)nc3cccnc32)CCN(C(=O)C2CC3CCC(C2)N3Cc2cnc(N)nc2)CC1. The Hall–Kier alpha value is -3.92. The molecule has 3 saturated heterocycles. The van der Waals surface area contributed by atoms with Gasteiger partial charge in [0, 0.05) is 73.5 Å². The fraction of sp³-hybridized carbons (Fsp3) is 0.467. The molecule has 4 aromatic heterocycles. The van der Waals surface area contributed by atoms with Gasteiger partial charge in [-0.2, -0.15) is 0 Å². The molecule has 0 spiro atoms. The number of nitrogen functional groups attached to an aromatic ring is 1. The number of likely N-dealkylation sites (tertiary alicyclic amines) is 1. The molecule has 3 aliphatic rings. The summed E-state index contributed by atoms with van der Waals surface area (Å²) in [6, 6.07) is 10.7. The highest BCUT2D eigenvalue weighted by atomic mass is 16.2. The molecule has 1 amide bonds. The highest BCUT2D eigenvalue weighted by Crippen LogP contribution is 2.42. The van der Waals surface area contributed by atoms with E-state index in [0.29, 0.717) is 23.9 Å². The summed E-state index contributed by atoms with van der Waals surface area (Å²) in [6.45, 7) is 4.57. The molecule has 0 aliphatic carbocycles. The number of aromatic nitrogens is 6. The third-order valence-electron chi connectivity index (χ3n) is 9.33. The maximum absolute atomic E-state index is 13.8. The molecule has 7 heterocycles. The van der Waals surface area contributed by atoms with Crippen molar-refractivity contribution < 1.29 is 4.79 Å². The normalized spacial score (nSPS) is 24.4. The number of piperidine rings is 2. The number of carbonyl (C=O) groups excluding carboxylic acids is 1. The Bertz CT molecular complexity index is 1500. The minimum Gasteiger partial charge on any atom is -0.368 e. The molecule has 206 valence electrons. The Balaban J connectivity index is 1.05. The van der Waals surface area contributed by atoms with E-state index >= 15 is 0 Å². The summed E-state index contributed by atoms with van der Waals surface area (Å²) in [5.41, 5.74) is 9.12. The largest absolute Gasteiger partial charge is 0.368 e. The van der Waals surface area contributed by atoms with Gasteiger partial charge >= 0.3 is 0 Å². The van der Waals surface area contributed by atoms with Gasteiger partial charge in [0.05, 0.1) is 0 Å². The number of pyridine rings is 2. The second-order valence-electron chi connectivity index (χ2n) is 11.8. The van der Waals surface area contributed by atoms with E-state index in [0.717, 1.165) is 86.4 Å². The van der Waals surface area contributed by atoms with Crippen molar-refractivity contribution in [1.82, 2.24) is 39.3 Å². The van der Waals surface area contributed by atoms with Crippen molar-refractivity contribution >= 4 is 23.0 Å². The number of anilines is 1. The quantitative estimate of drug-likeness (QED) is 0.410. The number of hydrogen-bond acceptors (Lipinski definition) is 8. The molecular weight excluding hydrogens is 502 g/mol. The first-order valence-corrected chi connectivity index (χ1v) is 14.3. The predicted molar refractivity (Wildman–Crippen MR) is 152 cm³/mol. The molecule has 2 bridgehead atoms. The topological polar surface area (TPSA) is 119 Å². The van der Waals surface area contributed by atoms with Gasteiger partial charge in [-0.3, -0.25) is 14.7 Å². The molecule has 0 aromatic carbocycles. The van der Waals surface area contributed by atoms with Crippen LogP contribution in [0, 0.1) is 5.92 Å². The van der Waals surface area contributed by atoms with E-state index in [1.54, 1.807) is 6.20 Å². The molecule has 4 aromatic rings. The van der Waals surface area contributed by atoms with Crippen LogP contribution in [0.5, 0.6) is 0 Å². The number of nitrogens with two attached hydrogens (primary N) is 1. The van der Waals surface area contributed by atoms with E-state index < -0.39 is 0 Å². The number of amides is 1. The molecule has 3 aliphatic heterocycles. The van der Waals surface area contributed by atoms with Crippen LogP contribution in [0.15, 0.2) is 55.1 Å². The maximum atomic E-state index is 13.8. The van der Waals surface area contributed by atoms with Crippen LogP contribution in [-0.2, 0) is 16.9 Å². The van der Waals surface area contributed by atoms with E-state index in [1.165, 1.54) is 0 Å². The highest BCUT2D eigenvalue weighted by Gasteiger charge is 2.45. The Morgan fingerprint density at radius 2 is 1.70 bits per heavy atom. The average Bonchev–Trinajstić information content (AvgIpc) is 3.48. The average molecular weight is 538 g/mol. The molecule has 2 unspecified atom stereocenters. The van der Waals surface area contributed by atoms with Crippen LogP contribution in [0.3, 0.4) is 0 Å². The lowest BCUT2D eigenvalue weighted by Crippen LogP contribution is -2.51. The molecule has 10 nitrogen and oxygen atoms in total. The number of rotatable bonds is 5. The Kier molecular flexibility index (Phi) is 6.22. The Labute approximate surface area is 233 Å². The van der Waals surface area contributed by atoms with Crippen LogP contribution >= 0.6 is 0 Å². The smallest absolute Gasteiger partial charge is 0.225 e. The molecule has 40 heavy (non-hydrogen) atoms. The Morgan fingerprint density at radius 1 is 0.975 bits per heavy atom. The Morgan fingerprint density at radius 3 is 2.40 bits per heavy atom. The van der Waals surface area contributed by atoms with Crippen LogP contribution in [-0.4, -0.2) is 70.4 Å².